The van der Waals surface area contributed by atoms with Crippen molar-refractivity contribution >= 4 is 23.8 Å². The molecule has 0 spiro atoms. The van der Waals surface area contributed by atoms with Crippen LogP contribution in [0.15, 0.2) is 54.1 Å². The molecule has 3 aliphatic carbocycles. The van der Waals surface area contributed by atoms with Gasteiger partial charge in [0.05, 0.1) is 6.61 Å². The van der Waals surface area contributed by atoms with Gasteiger partial charge < -0.3 is 10.5 Å². The Hall–Kier alpha value is -2.98. The van der Waals surface area contributed by atoms with Gasteiger partial charge in [-0.25, -0.2) is 0 Å². The number of nitrogens with two attached hydrogens (primary N) is 1. The van der Waals surface area contributed by atoms with Crippen LogP contribution in [-0.2, 0) is 16.0 Å². The monoisotopic (exact) mass is 497 g/mol. The van der Waals surface area contributed by atoms with Crippen LogP contribution in [0.2, 0.25) is 0 Å². The van der Waals surface area contributed by atoms with Crippen LogP contribution in [-0.4, -0.2) is 24.9 Å². The van der Waals surface area contributed by atoms with Crippen molar-refractivity contribution in [2.24, 2.45) is 23.0 Å². The zero-order valence-electron chi connectivity index (χ0n) is 22.2. The first kappa shape index (κ1) is 25.7. The summed E-state index contributed by atoms with van der Waals surface area (Å²) in [4.78, 5) is 25.3. The molecule has 4 nitrogen and oxygen atoms in total. The van der Waals surface area contributed by atoms with Gasteiger partial charge in [0, 0.05) is 17.6 Å². The highest BCUT2D eigenvalue weighted by Crippen LogP contribution is 2.60. The minimum atomic E-state index is -0.443. The number of fused-ring (bicyclic) bond motifs is 5. The number of hydrogen-bond acceptors (Lipinski definition) is 3. The van der Waals surface area contributed by atoms with Crippen molar-refractivity contribution in [1.82, 2.24) is 0 Å². The number of ether oxygens (including phenoxy) is 1. The number of rotatable bonds is 8. The molecular weight excluding hydrogens is 458 g/mol. The molecule has 37 heavy (non-hydrogen) atoms. The molecule has 3 aliphatic rings. The Morgan fingerprint density at radius 3 is 2.84 bits per heavy atom. The van der Waals surface area contributed by atoms with E-state index in [2.05, 4.69) is 44.2 Å². The summed E-state index contributed by atoms with van der Waals surface area (Å²) in [5.74, 6) is 1.29. The first-order valence-electron chi connectivity index (χ1n) is 13.9. The molecule has 194 valence electrons. The lowest BCUT2D eigenvalue weighted by molar-refractivity contribution is -0.127. The molecule has 1 amide bonds. The third-order valence-corrected chi connectivity index (χ3v) is 9.07. The Kier molecular flexibility index (Phi) is 7.48. The topological polar surface area (TPSA) is 69.4 Å². The van der Waals surface area contributed by atoms with E-state index in [9.17, 15) is 9.59 Å². The number of hydrogen-bond donors (Lipinski definition) is 1. The van der Waals surface area contributed by atoms with Crippen LogP contribution in [0.1, 0.15) is 90.9 Å². The maximum atomic E-state index is 13.7. The first-order valence-corrected chi connectivity index (χ1v) is 13.9. The van der Waals surface area contributed by atoms with Crippen LogP contribution in [0, 0.1) is 17.3 Å². The Morgan fingerprint density at radius 1 is 1.16 bits per heavy atom. The molecule has 0 aromatic heterocycles. The molecule has 0 heterocycles. The highest BCUT2D eigenvalue weighted by Gasteiger charge is 2.56. The minimum absolute atomic E-state index is 0.285. The number of carbonyl (C=O) groups excluding carboxylic acids is 2. The number of carbonyl (C=O) groups is 2. The predicted octanol–water partition coefficient (Wildman–Crippen LogP) is 6.73. The van der Waals surface area contributed by atoms with E-state index in [4.69, 9.17) is 10.5 Å². The molecule has 0 radical (unpaired) electrons. The van der Waals surface area contributed by atoms with Gasteiger partial charge >= 0.3 is 0 Å². The van der Waals surface area contributed by atoms with Crippen LogP contribution in [0.4, 0.5) is 0 Å². The molecule has 4 heteroatoms. The smallest absolute Gasteiger partial charge is 0.248 e. The lowest BCUT2D eigenvalue weighted by Crippen LogP contribution is -2.42. The number of amides is 1. The summed E-state index contributed by atoms with van der Waals surface area (Å²) in [5, 5.41) is 0. The Labute approximate surface area is 221 Å². The quantitative estimate of drug-likeness (QED) is 0.325. The fourth-order valence-corrected chi connectivity index (χ4v) is 7.07. The normalized spacial score (nSPS) is 27.8. The van der Waals surface area contributed by atoms with Gasteiger partial charge in [-0.05, 0) is 102 Å². The second-order valence-corrected chi connectivity index (χ2v) is 11.4. The summed E-state index contributed by atoms with van der Waals surface area (Å²) in [7, 11) is 0. The van der Waals surface area contributed by atoms with Crippen LogP contribution in [0.3, 0.4) is 0 Å². The summed E-state index contributed by atoms with van der Waals surface area (Å²) in [6, 6.07) is 14.2. The van der Waals surface area contributed by atoms with E-state index >= 15 is 0 Å². The zero-order valence-corrected chi connectivity index (χ0v) is 22.2. The van der Waals surface area contributed by atoms with Crippen molar-refractivity contribution in [3.05, 3.63) is 81.9 Å². The van der Waals surface area contributed by atoms with Crippen LogP contribution < -0.4 is 5.73 Å². The van der Waals surface area contributed by atoms with Gasteiger partial charge in [0.2, 0.25) is 5.91 Å². The van der Waals surface area contributed by atoms with E-state index in [1.165, 1.54) is 16.7 Å². The first-order chi connectivity index (χ1) is 17.9. The molecule has 2 N–H and O–H groups in total. The summed E-state index contributed by atoms with van der Waals surface area (Å²) >= 11 is 0. The van der Waals surface area contributed by atoms with Crippen molar-refractivity contribution < 1.29 is 14.3 Å². The van der Waals surface area contributed by atoms with Gasteiger partial charge in [-0.2, -0.15) is 0 Å². The maximum absolute atomic E-state index is 13.7. The molecule has 0 saturated heterocycles. The van der Waals surface area contributed by atoms with Gasteiger partial charge in [-0.15, -0.1) is 0 Å². The summed E-state index contributed by atoms with van der Waals surface area (Å²) < 4.78 is 5.66. The van der Waals surface area contributed by atoms with E-state index in [-0.39, 0.29) is 5.41 Å². The fraction of sp³-hybridized carbons (Fsp3) is 0.455. The second kappa shape index (κ2) is 10.8. The lowest BCUT2D eigenvalue weighted by atomic mass is 9.55. The average Bonchev–Trinajstić information content (AvgIpc) is 3.15. The SMILES string of the molecule is CCCCOC/C=C/c1ccc2c(c1)CCC1[C@@H]2CC[C@]2(C)C(=O)/C(=C/c3cccc(C(N)=O)c3)C[C@@H]12. The molecule has 2 aromatic carbocycles. The molecular formula is C33H39NO3. The zero-order chi connectivity index (χ0) is 26.0. The van der Waals surface area contributed by atoms with Crippen LogP contribution in [0.5, 0.6) is 0 Å². The number of unbranched alkanes of at least 4 members (excludes halogenated alkanes) is 1. The third-order valence-electron chi connectivity index (χ3n) is 9.07. The third kappa shape index (κ3) is 5.09. The molecule has 0 bridgehead atoms. The molecule has 4 atom stereocenters. The van der Waals surface area contributed by atoms with E-state index in [0.717, 1.165) is 62.7 Å². The summed E-state index contributed by atoms with van der Waals surface area (Å²) in [6.07, 6.45) is 13.6. The molecule has 0 aliphatic heterocycles. The number of allylic oxidation sites excluding steroid dienone is 1. The number of Topliss-reactive ketones (excluding diaryl/α,β-unsaturated/α-hetero) is 1. The highest BCUT2D eigenvalue weighted by atomic mass is 16.5. The van der Waals surface area contributed by atoms with Crippen LogP contribution in [0.25, 0.3) is 12.2 Å². The lowest BCUT2D eigenvalue weighted by Gasteiger charge is -2.48. The molecule has 2 saturated carbocycles. The van der Waals surface area contributed by atoms with E-state index in [0.29, 0.717) is 35.7 Å². The van der Waals surface area contributed by atoms with Gasteiger partial charge in [0.15, 0.2) is 5.78 Å². The minimum Gasteiger partial charge on any atom is -0.377 e. The van der Waals surface area contributed by atoms with Crippen molar-refractivity contribution in [1.29, 1.82) is 0 Å². The summed E-state index contributed by atoms with van der Waals surface area (Å²) in [6.45, 7) is 5.87. The Morgan fingerprint density at radius 2 is 2.03 bits per heavy atom. The Bertz CT molecular complexity index is 1240. The van der Waals surface area contributed by atoms with Crippen LogP contribution >= 0.6 is 0 Å². The number of benzene rings is 2. The van der Waals surface area contributed by atoms with E-state index < -0.39 is 5.91 Å². The highest BCUT2D eigenvalue weighted by molar-refractivity contribution is 6.06. The van der Waals surface area contributed by atoms with E-state index in [1.807, 2.05) is 18.2 Å². The molecule has 2 aromatic rings. The summed E-state index contributed by atoms with van der Waals surface area (Å²) in [5.41, 5.74) is 11.7. The van der Waals surface area contributed by atoms with Crippen molar-refractivity contribution in [2.45, 2.75) is 64.7 Å². The van der Waals surface area contributed by atoms with Crippen molar-refractivity contribution in [3.8, 4) is 0 Å². The average molecular weight is 498 g/mol. The van der Waals surface area contributed by atoms with Crippen molar-refractivity contribution in [3.63, 3.8) is 0 Å². The van der Waals surface area contributed by atoms with Gasteiger partial charge in [0.25, 0.3) is 0 Å². The maximum Gasteiger partial charge on any atom is 0.248 e. The van der Waals surface area contributed by atoms with Gasteiger partial charge in [0.1, 0.15) is 0 Å². The van der Waals surface area contributed by atoms with E-state index in [1.54, 1.807) is 12.1 Å². The van der Waals surface area contributed by atoms with Gasteiger partial charge in [-0.1, -0.05) is 62.8 Å². The van der Waals surface area contributed by atoms with Crippen molar-refractivity contribution in [2.75, 3.05) is 13.2 Å². The Balaban J connectivity index is 1.32. The molecule has 1 unspecified atom stereocenters. The second-order valence-electron chi connectivity index (χ2n) is 11.4. The predicted molar refractivity (Wildman–Crippen MR) is 149 cm³/mol. The molecule has 5 rings (SSSR count). The number of aryl methyl sites for hydroxylation is 1. The molecule has 2 fully saturated rings. The number of ketones is 1. The fourth-order valence-electron chi connectivity index (χ4n) is 7.07. The largest absolute Gasteiger partial charge is 0.377 e. The number of primary amides is 1. The standard InChI is InChI=1S/C33H39NO3/c1-3-4-16-37-17-6-8-22-10-12-27-24(18-22)11-13-29-28(27)14-15-33(2)30(29)21-26(31(33)35)20-23-7-5-9-25(19-23)32(34)36/h5-10,12,18-20,28-30H,3-4,11,13-17,21H2,1-2H3,(H2,34,36)/b8-6+,26-20+/t28-,29?,30+,33+/m1/s1. The van der Waals surface area contributed by atoms with Gasteiger partial charge in [-0.3, -0.25) is 9.59 Å².